The van der Waals surface area contributed by atoms with Crippen molar-refractivity contribution in [3.8, 4) is 33.6 Å². The highest BCUT2D eigenvalue weighted by Crippen LogP contribution is 2.53. The molecule has 4 heteroatoms. The number of benzene rings is 11. The normalized spacial score (nSPS) is 13.7. The highest BCUT2D eigenvalue weighted by Gasteiger charge is 2.38. The van der Waals surface area contributed by atoms with Gasteiger partial charge in [-0.1, -0.05) is 155 Å². The Balaban J connectivity index is 0.994. The predicted octanol–water partition coefficient (Wildman–Crippen LogP) is 19.7. The summed E-state index contributed by atoms with van der Waals surface area (Å²) >= 11 is 0. The van der Waals surface area contributed by atoms with Crippen LogP contribution in [0.3, 0.4) is 0 Å². The van der Waals surface area contributed by atoms with E-state index < -0.39 is 0 Å². The smallest absolute Gasteiger partial charge is 0.0582 e. The van der Waals surface area contributed by atoms with Gasteiger partial charge in [-0.05, 0) is 178 Å². The number of aromatic nitrogens is 2. The molecule has 13 aromatic rings. The van der Waals surface area contributed by atoms with Crippen LogP contribution >= 0.6 is 0 Å². The zero-order valence-corrected chi connectivity index (χ0v) is 44.0. The summed E-state index contributed by atoms with van der Waals surface area (Å²) in [5.74, 6) is 0. The molecule has 0 amide bonds. The number of aryl methyl sites for hydroxylation is 1. The lowest BCUT2D eigenvalue weighted by molar-refractivity contribution is 0.630. The molecule has 2 aromatic heterocycles. The molecule has 0 bridgehead atoms. The second-order valence-electron chi connectivity index (χ2n) is 22.3. The standard InChI is InChI=1S/C73H56N4/c1-47-20-19-27-55(40-47)74(52-25-13-8-14-26-52)53-32-34-54(35-33-53)75(56-36-38-66-58(45-56)60-41-50(48-21-9-6-10-22-48)43-64-70(60)76(66)68-30-17-15-28-62(68)72(64,2)3)57-37-39-67-59(46-57)61-42-51(49-23-11-7-12-24-49)44-65-71(61)77(67)69-31-18-16-29-63(69)73(65,4)5/h6-46H,1-5H3. The molecule has 11 aromatic carbocycles. The maximum atomic E-state index is 2.53. The van der Waals surface area contributed by atoms with Gasteiger partial charge in [-0.3, -0.25) is 0 Å². The van der Waals surface area contributed by atoms with E-state index in [-0.39, 0.29) is 10.8 Å². The van der Waals surface area contributed by atoms with Gasteiger partial charge in [-0.25, -0.2) is 0 Å². The lowest BCUT2D eigenvalue weighted by atomic mass is 9.74. The predicted molar refractivity (Wildman–Crippen MR) is 324 cm³/mol. The fourth-order valence-electron chi connectivity index (χ4n) is 13.3. The molecule has 368 valence electrons. The summed E-state index contributed by atoms with van der Waals surface area (Å²) in [6.45, 7) is 11.7. The summed E-state index contributed by atoms with van der Waals surface area (Å²) in [6, 6.07) is 92.6. The van der Waals surface area contributed by atoms with E-state index in [4.69, 9.17) is 0 Å². The van der Waals surface area contributed by atoms with Crippen LogP contribution in [0.25, 0.3) is 77.2 Å². The van der Waals surface area contributed by atoms with E-state index >= 15 is 0 Å². The van der Waals surface area contributed by atoms with Crippen LogP contribution in [0, 0.1) is 6.92 Å². The average Bonchev–Trinajstić information content (AvgIpc) is 4.22. The Morgan fingerprint density at radius 2 is 0.662 bits per heavy atom. The van der Waals surface area contributed by atoms with E-state index in [0.717, 1.165) is 34.1 Å². The summed E-state index contributed by atoms with van der Waals surface area (Å²) in [5.41, 5.74) is 25.0. The first-order chi connectivity index (χ1) is 37.6. The Labute approximate surface area is 450 Å². The van der Waals surface area contributed by atoms with Crippen LogP contribution in [0.4, 0.5) is 34.1 Å². The Hall–Kier alpha value is -9.38. The van der Waals surface area contributed by atoms with Crippen molar-refractivity contribution in [2.24, 2.45) is 0 Å². The van der Waals surface area contributed by atoms with Gasteiger partial charge >= 0.3 is 0 Å². The molecule has 4 nitrogen and oxygen atoms in total. The second kappa shape index (κ2) is 16.8. The number of hydrogen-bond acceptors (Lipinski definition) is 2. The minimum absolute atomic E-state index is 0.223. The summed E-state index contributed by atoms with van der Waals surface area (Å²) < 4.78 is 5.07. The van der Waals surface area contributed by atoms with Crippen LogP contribution in [-0.2, 0) is 10.8 Å². The van der Waals surface area contributed by atoms with Crippen molar-refractivity contribution in [3.05, 3.63) is 277 Å². The molecule has 0 spiro atoms. The van der Waals surface area contributed by atoms with Crippen molar-refractivity contribution in [3.63, 3.8) is 0 Å². The third-order valence-corrected chi connectivity index (χ3v) is 17.0. The summed E-state index contributed by atoms with van der Waals surface area (Å²) in [4.78, 5) is 4.84. The van der Waals surface area contributed by atoms with Gasteiger partial charge in [-0.15, -0.1) is 0 Å². The largest absolute Gasteiger partial charge is 0.310 e. The van der Waals surface area contributed by atoms with Gasteiger partial charge in [0.05, 0.1) is 33.4 Å². The number of anilines is 6. The second-order valence-corrected chi connectivity index (χ2v) is 22.3. The first-order valence-corrected chi connectivity index (χ1v) is 27.0. The topological polar surface area (TPSA) is 16.3 Å². The van der Waals surface area contributed by atoms with Gasteiger partial charge < -0.3 is 18.9 Å². The molecule has 0 radical (unpaired) electrons. The summed E-state index contributed by atoms with van der Waals surface area (Å²) in [7, 11) is 0. The van der Waals surface area contributed by atoms with Crippen molar-refractivity contribution in [2.75, 3.05) is 9.80 Å². The number of nitrogens with zero attached hydrogens (tertiary/aromatic N) is 4. The molecule has 2 aliphatic heterocycles. The summed E-state index contributed by atoms with van der Waals surface area (Å²) in [6.07, 6.45) is 0. The zero-order chi connectivity index (χ0) is 51.7. The first kappa shape index (κ1) is 45.0. The molecule has 0 aliphatic carbocycles. The Kier molecular flexibility index (Phi) is 9.84. The third kappa shape index (κ3) is 6.78. The van der Waals surface area contributed by atoms with Crippen LogP contribution in [0.1, 0.15) is 55.5 Å². The van der Waals surface area contributed by atoms with Crippen molar-refractivity contribution in [2.45, 2.75) is 45.4 Å². The number of para-hydroxylation sites is 3. The zero-order valence-electron chi connectivity index (χ0n) is 44.0. The maximum Gasteiger partial charge on any atom is 0.0582 e. The average molecular weight is 989 g/mol. The van der Waals surface area contributed by atoms with Gasteiger partial charge in [0, 0.05) is 66.5 Å². The van der Waals surface area contributed by atoms with E-state index in [1.54, 1.807) is 0 Å². The monoisotopic (exact) mass is 988 g/mol. The van der Waals surface area contributed by atoms with Crippen molar-refractivity contribution >= 4 is 77.7 Å². The van der Waals surface area contributed by atoms with E-state index in [1.165, 1.54) is 105 Å². The molecule has 0 saturated carbocycles. The highest BCUT2D eigenvalue weighted by atomic mass is 15.2. The van der Waals surface area contributed by atoms with E-state index in [9.17, 15) is 0 Å². The Morgan fingerprint density at radius 1 is 0.286 bits per heavy atom. The number of fused-ring (bicyclic) bond motifs is 10. The van der Waals surface area contributed by atoms with Crippen LogP contribution in [0.2, 0.25) is 0 Å². The summed E-state index contributed by atoms with van der Waals surface area (Å²) in [5, 5.41) is 4.96. The quantitative estimate of drug-likeness (QED) is 0.151. The van der Waals surface area contributed by atoms with Gasteiger partial charge in [0.1, 0.15) is 0 Å². The SMILES string of the molecule is Cc1cccc(N(c2ccccc2)c2ccc(N(c3ccc4c(c3)c3cc(-c5ccccc5)cc5c3n4-c3ccccc3C5(C)C)c3ccc4c(c3)c3cc(-c5ccccc5)cc5c3n4-c3ccccc3C5(C)C)cc2)c1. The lowest BCUT2D eigenvalue weighted by Gasteiger charge is -2.35. The van der Waals surface area contributed by atoms with E-state index in [1.807, 2.05) is 0 Å². The molecule has 0 saturated heterocycles. The van der Waals surface area contributed by atoms with Crippen LogP contribution in [0.15, 0.2) is 249 Å². The molecule has 0 N–H and O–H groups in total. The van der Waals surface area contributed by atoms with E-state index in [2.05, 4.69) is 302 Å². The highest BCUT2D eigenvalue weighted by molar-refractivity contribution is 6.16. The Morgan fingerprint density at radius 3 is 1.13 bits per heavy atom. The van der Waals surface area contributed by atoms with Gasteiger partial charge in [0.15, 0.2) is 0 Å². The van der Waals surface area contributed by atoms with Crippen molar-refractivity contribution in [1.29, 1.82) is 0 Å². The minimum atomic E-state index is -0.223. The molecular weight excluding hydrogens is 933 g/mol. The van der Waals surface area contributed by atoms with Crippen molar-refractivity contribution in [1.82, 2.24) is 9.13 Å². The minimum Gasteiger partial charge on any atom is -0.310 e. The van der Waals surface area contributed by atoms with E-state index in [0.29, 0.717) is 0 Å². The maximum absolute atomic E-state index is 2.53. The number of hydrogen-bond donors (Lipinski definition) is 0. The fourth-order valence-corrected chi connectivity index (χ4v) is 13.3. The van der Waals surface area contributed by atoms with Gasteiger partial charge in [0.25, 0.3) is 0 Å². The third-order valence-electron chi connectivity index (χ3n) is 17.0. The first-order valence-electron chi connectivity index (χ1n) is 27.0. The Bertz CT molecular complexity index is 4280. The van der Waals surface area contributed by atoms with Crippen LogP contribution in [0.5, 0.6) is 0 Å². The van der Waals surface area contributed by atoms with Crippen molar-refractivity contribution < 1.29 is 0 Å². The van der Waals surface area contributed by atoms with Gasteiger partial charge in [0.2, 0.25) is 0 Å². The lowest BCUT2D eigenvalue weighted by Crippen LogP contribution is -2.26. The molecule has 2 aliphatic rings. The molecule has 0 unspecified atom stereocenters. The molecule has 0 fully saturated rings. The van der Waals surface area contributed by atoms with Crippen LogP contribution < -0.4 is 9.80 Å². The number of rotatable bonds is 8. The molecule has 77 heavy (non-hydrogen) atoms. The van der Waals surface area contributed by atoms with Gasteiger partial charge in [-0.2, -0.15) is 0 Å². The molecule has 0 atom stereocenters. The molecule has 4 heterocycles. The fraction of sp³-hybridized carbons (Fsp3) is 0.0959. The molecular formula is C73H56N4. The molecule has 15 rings (SSSR count). The van der Waals surface area contributed by atoms with Crippen LogP contribution in [-0.4, -0.2) is 9.13 Å².